The minimum absolute atomic E-state index is 0.334. The highest BCUT2D eigenvalue weighted by Gasteiger charge is 2.37. The molecule has 5 rings (SSSR count). The fourth-order valence-corrected chi connectivity index (χ4v) is 5.73. The van der Waals surface area contributed by atoms with Gasteiger partial charge in [0.1, 0.15) is 16.4 Å². The van der Waals surface area contributed by atoms with Crippen LogP contribution in [0.2, 0.25) is 0 Å². The summed E-state index contributed by atoms with van der Waals surface area (Å²) in [6.07, 6.45) is 7.63. The normalized spacial score (nSPS) is 19.3. The Morgan fingerprint density at radius 1 is 1.12 bits per heavy atom. The molecule has 8 heteroatoms. The lowest BCUT2D eigenvalue weighted by molar-refractivity contribution is -0.0203. The Morgan fingerprint density at radius 3 is 2.62 bits per heavy atom. The first kappa shape index (κ1) is 21.4. The van der Waals surface area contributed by atoms with Crippen LogP contribution >= 0.6 is 11.3 Å². The summed E-state index contributed by atoms with van der Waals surface area (Å²) in [5.41, 5.74) is 0.637. The molecule has 32 heavy (non-hydrogen) atoms. The fourth-order valence-electron chi connectivity index (χ4n) is 4.54. The minimum atomic E-state index is -1.01. The van der Waals surface area contributed by atoms with Crippen LogP contribution in [0.15, 0.2) is 36.5 Å². The number of nitrogens with zero attached hydrogens (tertiary/aromatic N) is 4. The van der Waals surface area contributed by atoms with Gasteiger partial charge in [0.2, 0.25) is 5.95 Å². The summed E-state index contributed by atoms with van der Waals surface area (Å²) in [5.74, 6) is 0.251. The summed E-state index contributed by atoms with van der Waals surface area (Å²) in [6, 6.07) is 8.88. The van der Waals surface area contributed by atoms with Gasteiger partial charge in [-0.05, 0) is 50.9 Å². The number of anilines is 1. The van der Waals surface area contributed by atoms with Gasteiger partial charge in [-0.1, -0.05) is 25.0 Å². The van der Waals surface area contributed by atoms with E-state index in [4.69, 9.17) is 9.97 Å². The van der Waals surface area contributed by atoms with Crippen LogP contribution in [0, 0.1) is 5.82 Å². The molecule has 0 unspecified atom stereocenters. The first-order chi connectivity index (χ1) is 15.5. The predicted molar refractivity (Wildman–Crippen MR) is 125 cm³/mol. The molecular weight excluding hydrogens is 425 g/mol. The monoisotopic (exact) mass is 453 g/mol. The second-order valence-corrected chi connectivity index (χ2v) is 9.90. The molecule has 0 spiro atoms. The molecule has 1 aliphatic heterocycles. The molecule has 0 bridgehead atoms. The van der Waals surface area contributed by atoms with Crippen molar-refractivity contribution in [3.8, 4) is 21.8 Å². The summed E-state index contributed by atoms with van der Waals surface area (Å²) in [7, 11) is 2.05. The van der Waals surface area contributed by atoms with E-state index in [1.165, 1.54) is 30.2 Å². The molecule has 1 aromatic carbocycles. The maximum absolute atomic E-state index is 14.8. The number of thiazole rings is 1. The van der Waals surface area contributed by atoms with E-state index in [1.807, 2.05) is 6.07 Å². The molecule has 1 aliphatic carbocycles. The Hall–Kier alpha value is -2.42. The highest BCUT2D eigenvalue weighted by Crippen LogP contribution is 2.43. The van der Waals surface area contributed by atoms with Crippen molar-refractivity contribution in [1.82, 2.24) is 19.9 Å². The van der Waals surface area contributed by atoms with E-state index < -0.39 is 5.60 Å². The van der Waals surface area contributed by atoms with E-state index in [9.17, 15) is 9.50 Å². The van der Waals surface area contributed by atoms with E-state index in [2.05, 4.69) is 22.2 Å². The van der Waals surface area contributed by atoms with Gasteiger partial charge in [0.05, 0.1) is 16.3 Å². The van der Waals surface area contributed by atoms with Gasteiger partial charge in [-0.15, -0.1) is 11.3 Å². The average molecular weight is 454 g/mol. The quantitative estimate of drug-likeness (QED) is 0.585. The third-order valence-electron chi connectivity index (χ3n) is 6.55. The van der Waals surface area contributed by atoms with Crippen LogP contribution in [-0.2, 0) is 5.60 Å². The molecule has 1 saturated heterocycles. The summed E-state index contributed by atoms with van der Waals surface area (Å²) in [5, 5.41) is 15.5. The van der Waals surface area contributed by atoms with E-state index >= 15 is 0 Å². The molecule has 2 N–H and O–H groups in total. The predicted octanol–water partition coefficient (Wildman–Crippen LogP) is 4.67. The van der Waals surface area contributed by atoms with Crippen LogP contribution in [0.25, 0.3) is 21.8 Å². The van der Waals surface area contributed by atoms with Gasteiger partial charge < -0.3 is 15.3 Å². The highest BCUT2D eigenvalue weighted by molar-refractivity contribution is 7.15. The zero-order valence-electron chi connectivity index (χ0n) is 18.2. The number of hydrogen-bond donors (Lipinski definition) is 2. The average Bonchev–Trinajstić information content (AvgIpc) is 3.47. The first-order valence-electron chi connectivity index (χ1n) is 11.3. The molecule has 0 atom stereocenters. The van der Waals surface area contributed by atoms with E-state index in [1.54, 1.807) is 24.4 Å². The van der Waals surface area contributed by atoms with E-state index in [-0.39, 0.29) is 5.82 Å². The molecule has 3 heterocycles. The molecule has 0 radical (unpaired) electrons. The standard InChI is InChI=1S/C24H28FN5OS/c1-30-14-11-24(31,12-15-30)22-29-20(17-8-4-5-9-18(17)25)21(32-22)19-10-13-26-23(28-19)27-16-6-2-3-7-16/h4-5,8-10,13,16,31H,2-3,6-7,11-12,14-15H2,1H3,(H,26,27,28). The van der Waals surface area contributed by atoms with Crippen molar-refractivity contribution in [3.63, 3.8) is 0 Å². The largest absolute Gasteiger partial charge is 0.383 e. The van der Waals surface area contributed by atoms with Gasteiger partial charge in [0, 0.05) is 30.9 Å². The summed E-state index contributed by atoms with van der Waals surface area (Å²) >= 11 is 1.41. The van der Waals surface area contributed by atoms with Crippen molar-refractivity contribution in [3.05, 3.63) is 47.4 Å². The Labute approximate surface area is 191 Å². The van der Waals surface area contributed by atoms with Crippen LogP contribution in [-0.4, -0.2) is 51.1 Å². The van der Waals surface area contributed by atoms with Crippen molar-refractivity contribution >= 4 is 17.3 Å². The summed E-state index contributed by atoms with van der Waals surface area (Å²) < 4.78 is 14.8. The van der Waals surface area contributed by atoms with Crippen LogP contribution in [0.5, 0.6) is 0 Å². The second-order valence-electron chi connectivity index (χ2n) is 8.90. The molecule has 6 nitrogen and oxygen atoms in total. The number of aromatic nitrogens is 3. The number of halogens is 1. The molecule has 1 saturated carbocycles. The van der Waals surface area contributed by atoms with Gasteiger partial charge in [-0.3, -0.25) is 0 Å². The zero-order valence-corrected chi connectivity index (χ0v) is 19.0. The number of benzene rings is 1. The summed E-state index contributed by atoms with van der Waals surface area (Å²) in [4.78, 5) is 16.9. The number of nitrogens with one attached hydrogen (secondary N) is 1. The van der Waals surface area contributed by atoms with Crippen LogP contribution < -0.4 is 5.32 Å². The Kier molecular flexibility index (Phi) is 5.92. The van der Waals surface area contributed by atoms with Crippen LogP contribution in [0.4, 0.5) is 10.3 Å². The number of rotatable bonds is 5. The second kappa shape index (κ2) is 8.84. The van der Waals surface area contributed by atoms with E-state index in [0.717, 1.165) is 30.8 Å². The van der Waals surface area contributed by atoms with Gasteiger partial charge in [-0.25, -0.2) is 19.3 Å². The lowest BCUT2D eigenvalue weighted by Gasteiger charge is -2.34. The van der Waals surface area contributed by atoms with Crippen molar-refractivity contribution in [1.29, 1.82) is 0 Å². The number of hydrogen-bond acceptors (Lipinski definition) is 7. The van der Waals surface area contributed by atoms with Gasteiger partial charge >= 0.3 is 0 Å². The molecule has 3 aromatic rings. The molecular formula is C24H28FN5OS. The lowest BCUT2D eigenvalue weighted by atomic mass is 9.92. The number of piperidine rings is 1. The molecule has 2 fully saturated rings. The SMILES string of the molecule is CN1CCC(O)(c2nc(-c3ccccc3F)c(-c3ccnc(NC4CCCC4)n3)s2)CC1. The van der Waals surface area contributed by atoms with Crippen molar-refractivity contribution < 1.29 is 9.50 Å². The molecule has 2 aliphatic rings. The maximum atomic E-state index is 14.8. The molecule has 2 aromatic heterocycles. The molecule has 168 valence electrons. The maximum Gasteiger partial charge on any atom is 0.223 e. The van der Waals surface area contributed by atoms with Crippen LogP contribution in [0.1, 0.15) is 43.5 Å². The minimum Gasteiger partial charge on any atom is -0.383 e. The van der Waals surface area contributed by atoms with Crippen molar-refractivity contribution in [2.75, 3.05) is 25.5 Å². The third kappa shape index (κ3) is 4.27. The number of likely N-dealkylation sites (tertiary alicyclic amines) is 1. The third-order valence-corrected chi connectivity index (χ3v) is 7.82. The van der Waals surface area contributed by atoms with Gasteiger partial charge in [-0.2, -0.15) is 0 Å². The van der Waals surface area contributed by atoms with Crippen molar-refractivity contribution in [2.45, 2.75) is 50.2 Å². The Morgan fingerprint density at radius 2 is 1.88 bits per heavy atom. The zero-order chi connectivity index (χ0) is 22.1. The van der Waals surface area contributed by atoms with Gasteiger partial charge in [0.25, 0.3) is 0 Å². The van der Waals surface area contributed by atoms with E-state index in [0.29, 0.717) is 46.8 Å². The molecule has 0 amide bonds. The Balaban J connectivity index is 1.56. The van der Waals surface area contributed by atoms with Crippen molar-refractivity contribution in [2.24, 2.45) is 0 Å². The smallest absolute Gasteiger partial charge is 0.223 e. The Bertz CT molecular complexity index is 1090. The topological polar surface area (TPSA) is 74.2 Å². The van der Waals surface area contributed by atoms with Crippen LogP contribution in [0.3, 0.4) is 0 Å². The number of aliphatic hydroxyl groups is 1. The lowest BCUT2D eigenvalue weighted by Crippen LogP contribution is -2.40. The first-order valence-corrected chi connectivity index (χ1v) is 12.1. The van der Waals surface area contributed by atoms with Gasteiger partial charge in [0.15, 0.2) is 0 Å². The highest BCUT2D eigenvalue weighted by atomic mass is 32.1. The fraction of sp³-hybridized carbons (Fsp3) is 0.458. The summed E-state index contributed by atoms with van der Waals surface area (Å²) in [6.45, 7) is 1.59.